The molecule has 0 aliphatic carbocycles. The van der Waals surface area contributed by atoms with Crippen molar-refractivity contribution in [1.82, 2.24) is 5.32 Å². The fraction of sp³-hybridized carbons (Fsp3) is 0.806. The summed E-state index contributed by atoms with van der Waals surface area (Å²) in [6, 6.07) is -0.862. The number of amides is 1. The van der Waals surface area contributed by atoms with Gasteiger partial charge in [0.15, 0.2) is 0 Å². The smallest absolute Gasteiger partial charge is 0.387 e. The number of likely N-dealkylation sites (N-methyl/N-ethyl adjacent to an activating group) is 1. The molecule has 0 saturated heterocycles. The highest BCUT2D eigenvalue weighted by atomic mass is 31.2. The third-order valence-corrected chi connectivity index (χ3v) is 8.57. The van der Waals surface area contributed by atoms with Gasteiger partial charge in [0.1, 0.15) is 13.2 Å². The van der Waals surface area contributed by atoms with E-state index in [9.17, 15) is 19.4 Å². The van der Waals surface area contributed by atoms with Crippen molar-refractivity contribution in [1.29, 1.82) is 0 Å². The Kier molecular flexibility index (Phi) is 28.1. The zero-order chi connectivity index (χ0) is 33.7. The first-order valence-electron chi connectivity index (χ1n) is 17.9. The van der Waals surface area contributed by atoms with E-state index in [1.54, 1.807) is 6.08 Å². The molecule has 0 bridgehead atoms. The summed E-state index contributed by atoms with van der Waals surface area (Å²) in [6.07, 6.45) is 32.1. The standard InChI is InChI=1S/C36H69N2O6P/c1-6-8-10-12-14-16-18-20-21-23-25-27-29-35(39)34(33-44-45(41,42)43-32-31-38(3,4)5)37-36(40)30-28-26-24-22-19-17-15-13-11-9-7-2/h13,15,20-21,27,29,34-35,39H,6-12,14,16-19,22-26,28,30-33H2,1-5H3,(H-,37,40,41,42)/p+1/b15-13-,21-20+,29-27+. The minimum absolute atomic E-state index is 0.0538. The number of carbonyl (C=O) groups excluding carboxylic acids is 1. The number of aliphatic hydroxyl groups excluding tert-OH is 1. The van der Waals surface area contributed by atoms with Crippen LogP contribution in [0, 0.1) is 0 Å². The van der Waals surface area contributed by atoms with Crippen LogP contribution in [-0.2, 0) is 18.4 Å². The first-order valence-corrected chi connectivity index (χ1v) is 19.4. The number of allylic oxidation sites excluding steroid dienone is 5. The third-order valence-electron chi connectivity index (χ3n) is 7.58. The summed E-state index contributed by atoms with van der Waals surface area (Å²) in [7, 11) is 1.54. The molecule has 0 aromatic heterocycles. The van der Waals surface area contributed by atoms with Crippen LogP contribution in [0.15, 0.2) is 36.5 Å². The van der Waals surface area contributed by atoms with Crippen molar-refractivity contribution >= 4 is 13.7 Å². The molecule has 0 radical (unpaired) electrons. The van der Waals surface area contributed by atoms with Gasteiger partial charge in [0.2, 0.25) is 5.91 Å². The molecular weight excluding hydrogens is 587 g/mol. The molecule has 3 atom stereocenters. The van der Waals surface area contributed by atoms with Crippen LogP contribution in [0.4, 0.5) is 0 Å². The van der Waals surface area contributed by atoms with E-state index in [1.807, 2.05) is 27.2 Å². The fourth-order valence-electron chi connectivity index (χ4n) is 4.62. The van der Waals surface area contributed by atoms with Gasteiger partial charge in [-0.3, -0.25) is 13.8 Å². The van der Waals surface area contributed by atoms with E-state index in [0.717, 1.165) is 57.8 Å². The van der Waals surface area contributed by atoms with Crippen LogP contribution in [0.3, 0.4) is 0 Å². The Morgan fingerprint density at radius 1 is 0.733 bits per heavy atom. The molecule has 0 aliphatic heterocycles. The molecule has 1 amide bonds. The molecule has 0 aromatic carbocycles. The van der Waals surface area contributed by atoms with Gasteiger partial charge in [-0.15, -0.1) is 0 Å². The second-order valence-electron chi connectivity index (χ2n) is 13.2. The number of hydrogen-bond donors (Lipinski definition) is 3. The van der Waals surface area contributed by atoms with Crippen LogP contribution in [0.1, 0.15) is 136 Å². The van der Waals surface area contributed by atoms with Crippen LogP contribution in [0.2, 0.25) is 0 Å². The molecule has 0 heterocycles. The molecule has 8 nitrogen and oxygen atoms in total. The van der Waals surface area contributed by atoms with E-state index in [2.05, 4.69) is 43.5 Å². The molecule has 0 aromatic rings. The number of carbonyl (C=O) groups is 1. The zero-order valence-electron chi connectivity index (χ0n) is 29.6. The highest BCUT2D eigenvalue weighted by Crippen LogP contribution is 2.43. The summed E-state index contributed by atoms with van der Waals surface area (Å²) in [6.45, 7) is 4.69. The fourth-order valence-corrected chi connectivity index (χ4v) is 5.36. The van der Waals surface area contributed by atoms with Gasteiger partial charge in [0.05, 0.1) is 39.9 Å². The summed E-state index contributed by atoms with van der Waals surface area (Å²) in [5.41, 5.74) is 0. The number of phosphoric ester groups is 1. The number of nitrogens with one attached hydrogen (secondary N) is 1. The van der Waals surface area contributed by atoms with Gasteiger partial charge in [-0.2, -0.15) is 0 Å². The van der Waals surface area contributed by atoms with Gasteiger partial charge in [0, 0.05) is 6.42 Å². The van der Waals surface area contributed by atoms with Crippen LogP contribution >= 0.6 is 7.82 Å². The monoisotopic (exact) mass is 657 g/mol. The molecular formula is C36H70N2O6P+. The maximum absolute atomic E-state index is 12.7. The second kappa shape index (κ2) is 28.9. The average molecular weight is 658 g/mol. The van der Waals surface area contributed by atoms with Crippen LogP contribution in [-0.4, -0.2) is 73.4 Å². The van der Waals surface area contributed by atoms with E-state index in [0.29, 0.717) is 17.4 Å². The van der Waals surface area contributed by atoms with Crippen molar-refractivity contribution in [2.45, 2.75) is 148 Å². The minimum Gasteiger partial charge on any atom is -0.387 e. The summed E-state index contributed by atoms with van der Waals surface area (Å²) >= 11 is 0. The molecule has 3 N–H and O–H groups in total. The van der Waals surface area contributed by atoms with Gasteiger partial charge >= 0.3 is 7.82 Å². The Bertz CT molecular complexity index is 840. The normalized spacial score (nSPS) is 15.3. The number of phosphoric acid groups is 1. The Hall–Kier alpha value is -1.28. The Morgan fingerprint density at radius 3 is 1.84 bits per heavy atom. The van der Waals surface area contributed by atoms with E-state index in [1.165, 1.54) is 57.8 Å². The highest BCUT2D eigenvalue weighted by molar-refractivity contribution is 7.47. The number of aliphatic hydroxyl groups is 1. The predicted octanol–water partition coefficient (Wildman–Crippen LogP) is 8.79. The van der Waals surface area contributed by atoms with Gasteiger partial charge in [0.25, 0.3) is 0 Å². The van der Waals surface area contributed by atoms with Crippen molar-refractivity contribution in [2.24, 2.45) is 0 Å². The predicted molar refractivity (Wildman–Crippen MR) is 189 cm³/mol. The van der Waals surface area contributed by atoms with Gasteiger partial charge in [-0.1, -0.05) is 115 Å². The average Bonchev–Trinajstić information content (AvgIpc) is 2.97. The van der Waals surface area contributed by atoms with E-state index < -0.39 is 20.0 Å². The van der Waals surface area contributed by atoms with E-state index >= 15 is 0 Å². The Morgan fingerprint density at radius 2 is 1.24 bits per heavy atom. The maximum atomic E-state index is 12.7. The van der Waals surface area contributed by atoms with Crippen molar-refractivity contribution in [2.75, 3.05) is 40.9 Å². The molecule has 0 rings (SSSR count). The first-order chi connectivity index (χ1) is 21.5. The largest absolute Gasteiger partial charge is 0.472 e. The highest BCUT2D eigenvalue weighted by Gasteiger charge is 2.27. The first kappa shape index (κ1) is 43.7. The minimum atomic E-state index is -4.33. The third kappa shape index (κ3) is 31.1. The van der Waals surface area contributed by atoms with Crippen molar-refractivity contribution in [3.05, 3.63) is 36.5 Å². The molecule has 9 heteroatoms. The SMILES string of the molecule is CCCC/C=C\CCCCCCCC(=O)NC(COP(=O)(O)OCC[N+](C)(C)C)C(O)/C=C/CC/C=C/CCCCCCCC. The summed E-state index contributed by atoms with van der Waals surface area (Å²) < 4.78 is 23.3. The maximum Gasteiger partial charge on any atom is 0.472 e. The van der Waals surface area contributed by atoms with Crippen molar-refractivity contribution in [3.8, 4) is 0 Å². The van der Waals surface area contributed by atoms with Crippen molar-refractivity contribution < 1.29 is 32.9 Å². The summed E-state index contributed by atoms with van der Waals surface area (Å²) in [5.74, 6) is -0.203. The van der Waals surface area contributed by atoms with Gasteiger partial charge in [-0.05, 0) is 51.4 Å². The molecule has 45 heavy (non-hydrogen) atoms. The number of quaternary nitrogens is 1. The van der Waals surface area contributed by atoms with Gasteiger partial charge < -0.3 is 19.8 Å². The Balaban J connectivity index is 4.67. The van der Waals surface area contributed by atoms with E-state index in [-0.39, 0.29) is 19.1 Å². The zero-order valence-corrected chi connectivity index (χ0v) is 30.5. The molecule has 0 fully saturated rings. The molecule has 264 valence electrons. The quantitative estimate of drug-likeness (QED) is 0.0298. The lowest BCUT2D eigenvalue weighted by molar-refractivity contribution is -0.870. The number of nitrogens with zero attached hydrogens (tertiary/aromatic N) is 1. The lowest BCUT2D eigenvalue weighted by atomic mass is 10.1. The van der Waals surface area contributed by atoms with Gasteiger partial charge in [-0.25, -0.2) is 4.57 Å². The van der Waals surface area contributed by atoms with Crippen LogP contribution in [0.5, 0.6) is 0 Å². The molecule has 0 aliphatic rings. The second-order valence-corrected chi connectivity index (χ2v) is 14.7. The number of rotatable bonds is 31. The molecule has 0 saturated carbocycles. The summed E-state index contributed by atoms with van der Waals surface area (Å²) in [4.78, 5) is 22.9. The Labute approximate surface area is 276 Å². The topological polar surface area (TPSA) is 105 Å². The lowest BCUT2D eigenvalue weighted by Gasteiger charge is -2.25. The number of hydrogen-bond acceptors (Lipinski definition) is 5. The van der Waals surface area contributed by atoms with Crippen molar-refractivity contribution in [3.63, 3.8) is 0 Å². The van der Waals surface area contributed by atoms with Crippen LogP contribution < -0.4 is 5.32 Å². The molecule has 3 unspecified atom stereocenters. The summed E-state index contributed by atoms with van der Waals surface area (Å²) in [5, 5.41) is 13.7. The molecule has 0 spiro atoms. The van der Waals surface area contributed by atoms with Crippen LogP contribution in [0.25, 0.3) is 0 Å². The number of unbranched alkanes of at least 4 members (excludes halogenated alkanes) is 14. The lowest BCUT2D eigenvalue weighted by Crippen LogP contribution is -2.45. The van der Waals surface area contributed by atoms with E-state index in [4.69, 9.17) is 9.05 Å².